The van der Waals surface area contributed by atoms with E-state index in [4.69, 9.17) is 0 Å². The van der Waals surface area contributed by atoms with Crippen molar-refractivity contribution in [1.29, 1.82) is 0 Å². The zero-order valence-corrected chi connectivity index (χ0v) is 14.4. The highest BCUT2D eigenvalue weighted by atomic mass is 32.2. The van der Waals surface area contributed by atoms with Gasteiger partial charge in [-0.1, -0.05) is 52.0 Å². The molecule has 120 valence electrons. The molecular formula is C16H28N2O2S. The quantitative estimate of drug-likeness (QED) is 0.737. The molecule has 0 radical (unpaired) electrons. The van der Waals surface area contributed by atoms with Crippen molar-refractivity contribution in [1.82, 2.24) is 10.0 Å². The highest BCUT2D eigenvalue weighted by Gasteiger charge is 2.19. The van der Waals surface area contributed by atoms with E-state index >= 15 is 0 Å². The Kier molecular flexibility index (Phi) is 6.84. The predicted molar refractivity (Wildman–Crippen MR) is 88.5 cm³/mol. The molecule has 0 amide bonds. The van der Waals surface area contributed by atoms with Gasteiger partial charge in [0.25, 0.3) is 0 Å². The summed E-state index contributed by atoms with van der Waals surface area (Å²) in [7, 11) is -3.29. The van der Waals surface area contributed by atoms with Gasteiger partial charge in [-0.2, -0.15) is 0 Å². The molecule has 0 aliphatic rings. The van der Waals surface area contributed by atoms with E-state index in [1.165, 1.54) is 0 Å². The Morgan fingerprint density at radius 3 is 2.43 bits per heavy atom. The summed E-state index contributed by atoms with van der Waals surface area (Å²) in [5, 5.41) is 3.24. The van der Waals surface area contributed by atoms with Crippen LogP contribution in [0, 0.1) is 5.41 Å². The molecule has 0 atom stereocenters. The van der Waals surface area contributed by atoms with Crippen LogP contribution in [0.2, 0.25) is 0 Å². The van der Waals surface area contributed by atoms with Gasteiger partial charge in [-0.05, 0) is 29.5 Å². The van der Waals surface area contributed by atoms with Gasteiger partial charge < -0.3 is 5.32 Å². The van der Waals surface area contributed by atoms with Gasteiger partial charge in [-0.3, -0.25) is 0 Å². The van der Waals surface area contributed by atoms with E-state index in [0.717, 1.165) is 30.6 Å². The molecule has 4 nitrogen and oxygen atoms in total. The van der Waals surface area contributed by atoms with Crippen LogP contribution in [0.15, 0.2) is 24.3 Å². The van der Waals surface area contributed by atoms with E-state index in [1.54, 1.807) is 0 Å². The molecule has 0 saturated heterocycles. The van der Waals surface area contributed by atoms with Crippen molar-refractivity contribution in [2.24, 2.45) is 5.41 Å². The number of benzene rings is 1. The third-order valence-corrected chi connectivity index (χ3v) is 4.95. The van der Waals surface area contributed by atoms with Gasteiger partial charge in [0, 0.05) is 13.1 Å². The van der Waals surface area contributed by atoms with E-state index in [2.05, 4.69) is 30.8 Å². The molecule has 0 aromatic heterocycles. The van der Waals surface area contributed by atoms with Crippen molar-refractivity contribution in [2.75, 3.05) is 13.1 Å². The standard InChI is InChI=1S/C16H28N2O2S/c1-5-16(3,4)13-18-21(19,20)12-15-9-7-8-14(10-15)11-17-6-2/h7-10,17-18H,5-6,11-13H2,1-4H3. The highest BCUT2D eigenvalue weighted by molar-refractivity contribution is 7.88. The summed E-state index contributed by atoms with van der Waals surface area (Å²) < 4.78 is 27.0. The normalized spacial score (nSPS) is 12.6. The molecule has 0 bridgehead atoms. The second kappa shape index (κ2) is 7.92. The van der Waals surface area contributed by atoms with Crippen LogP contribution in [0.5, 0.6) is 0 Å². The molecule has 0 unspecified atom stereocenters. The number of hydrogen-bond donors (Lipinski definition) is 2. The van der Waals surface area contributed by atoms with Gasteiger partial charge >= 0.3 is 0 Å². The third kappa shape index (κ3) is 7.07. The van der Waals surface area contributed by atoms with Crippen LogP contribution in [-0.2, 0) is 22.3 Å². The van der Waals surface area contributed by atoms with Crippen molar-refractivity contribution in [2.45, 2.75) is 46.4 Å². The largest absolute Gasteiger partial charge is 0.313 e. The first kappa shape index (κ1) is 18.1. The van der Waals surface area contributed by atoms with Gasteiger partial charge in [-0.15, -0.1) is 0 Å². The maximum absolute atomic E-state index is 12.2. The van der Waals surface area contributed by atoms with Crippen molar-refractivity contribution in [3.05, 3.63) is 35.4 Å². The second-order valence-electron chi connectivity index (χ2n) is 6.20. The Morgan fingerprint density at radius 1 is 1.14 bits per heavy atom. The number of nitrogens with one attached hydrogen (secondary N) is 2. The molecule has 0 fully saturated rings. The summed E-state index contributed by atoms with van der Waals surface area (Å²) in [4.78, 5) is 0. The summed E-state index contributed by atoms with van der Waals surface area (Å²) in [6.07, 6.45) is 0.938. The van der Waals surface area contributed by atoms with Crippen molar-refractivity contribution >= 4 is 10.0 Å². The Hall–Kier alpha value is -0.910. The monoisotopic (exact) mass is 312 g/mol. The van der Waals surface area contributed by atoms with Crippen LogP contribution in [-0.4, -0.2) is 21.5 Å². The Morgan fingerprint density at radius 2 is 1.81 bits per heavy atom. The van der Waals surface area contributed by atoms with Crippen molar-refractivity contribution < 1.29 is 8.42 Å². The van der Waals surface area contributed by atoms with E-state index in [9.17, 15) is 8.42 Å². The van der Waals surface area contributed by atoms with Gasteiger partial charge in [0.1, 0.15) is 0 Å². The second-order valence-corrected chi connectivity index (χ2v) is 8.01. The molecule has 5 heteroatoms. The van der Waals surface area contributed by atoms with Gasteiger partial charge in [0.15, 0.2) is 0 Å². The summed E-state index contributed by atoms with van der Waals surface area (Å²) in [5.41, 5.74) is 1.92. The van der Waals surface area contributed by atoms with Gasteiger partial charge in [-0.25, -0.2) is 13.1 Å². The summed E-state index contributed by atoms with van der Waals surface area (Å²) in [6, 6.07) is 7.73. The van der Waals surface area contributed by atoms with Crippen LogP contribution < -0.4 is 10.0 Å². The number of hydrogen-bond acceptors (Lipinski definition) is 3. The minimum Gasteiger partial charge on any atom is -0.313 e. The van der Waals surface area contributed by atoms with E-state index in [1.807, 2.05) is 31.2 Å². The van der Waals surface area contributed by atoms with Gasteiger partial charge in [0.05, 0.1) is 5.75 Å². The average Bonchev–Trinajstić information content (AvgIpc) is 2.43. The predicted octanol–water partition coefficient (Wildman–Crippen LogP) is 2.65. The Labute approximate surface area is 129 Å². The van der Waals surface area contributed by atoms with Crippen molar-refractivity contribution in [3.63, 3.8) is 0 Å². The third-order valence-electron chi connectivity index (χ3n) is 3.65. The molecule has 1 aromatic carbocycles. The first-order valence-corrected chi connectivity index (χ1v) is 9.19. The first-order chi connectivity index (χ1) is 9.78. The van der Waals surface area contributed by atoms with Gasteiger partial charge in [0.2, 0.25) is 10.0 Å². The molecule has 0 spiro atoms. The molecule has 1 aromatic rings. The lowest BCUT2D eigenvalue weighted by Gasteiger charge is -2.22. The zero-order chi connectivity index (χ0) is 15.9. The minimum absolute atomic E-state index is 0.0139. The molecule has 0 aliphatic carbocycles. The summed E-state index contributed by atoms with van der Waals surface area (Å²) >= 11 is 0. The van der Waals surface area contributed by atoms with E-state index < -0.39 is 10.0 Å². The van der Waals surface area contributed by atoms with E-state index in [0.29, 0.717) is 6.54 Å². The number of rotatable bonds is 9. The fourth-order valence-corrected chi connectivity index (χ4v) is 3.13. The zero-order valence-electron chi connectivity index (χ0n) is 13.6. The molecule has 1 rings (SSSR count). The Bertz CT molecular complexity index is 539. The van der Waals surface area contributed by atoms with Crippen LogP contribution in [0.1, 0.15) is 45.2 Å². The lowest BCUT2D eigenvalue weighted by Crippen LogP contribution is -2.34. The Balaban J connectivity index is 2.66. The fourth-order valence-electron chi connectivity index (χ4n) is 1.80. The topological polar surface area (TPSA) is 58.2 Å². The molecular weight excluding hydrogens is 284 g/mol. The maximum atomic E-state index is 12.2. The average molecular weight is 312 g/mol. The number of sulfonamides is 1. The van der Waals surface area contributed by atoms with Crippen LogP contribution in [0.3, 0.4) is 0 Å². The van der Waals surface area contributed by atoms with Crippen LogP contribution in [0.4, 0.5) is 0 Å². The minimum atomic E-state index is -3.29. The maximum Gasteiger partial charge on any atom is 0.215 e. The molecule has 2 N–H and O–H groups in total. The van der Waals surface area contributed by atoms with Crippen LogP contribution >= 0.6 is 0 Å². The lowest BCUT2D eigenvalue weighted by molar-refractivity contribution is 0.350. The summed E-state index contributed by atoms with van der Waals surface area (Å²) in [6.45, 7) is 10.4. The molecule has 0 heterocycles. The molecule has 21 heavy (non-hydrogen) atoms. The fraction of sp³-hybridized carbons (Fsp3) is 0.625. The summed E-state index contributed by atoms with van der Waals surface area (Å²) in [5.74, 6) is 0.0345. The lowest BCUT2D eigenvalue weighted by atomic mass is 9.91. The first-order valence-electron chi connectivity index (χ1n) is 7.54. The SMILES string of the molecule is CCNCc1cccc(CS(=O)(=O)NCC(C)(C)CC)c1. The van der Waals surface area contributed by atoms with Crippen LogP contribution in [0.25, 0.3) is 0 Å². The van der Waals surface area contributed by atoms with Crippen molar-refractivity contribution in [3.8, 4) is 0 Å². The molecule has 0 aliphatic heterocycles. The van der Waals surface area contributed by atoms with E-state index in [-0.39, 0.29) is 11.2 Å². The smallest absolute Gasteiger partial charge is 0.215 e. The molecule has 0 saturated carbocycles. The highest BCUT2D eigenvalue weighted by Crippen LogP contribution is 2.18.